The van der Waals surface area contributed by atoms with Gasteiger partial charge in [0.2, 0.25) is 0 Å². The number of ether oxygens (including phenoxy) is 2. The number of hydrogen-bond acceptors (Lipinski definition) is 5. The molecule has 0 bridgehead atoms. The predicted octanol–water partition coefficient (Wildman–Crippen LogP) is 2.72. The highest BCUT2D eigenvalue weighted by Crippen LogP contribution is 2.14. The Balaban J connectivity index is 4.62. The molecular weight excluding hydrogens is 226 g/mol. The third-order valence-corrected chi connectivity index (χ3v) is 1.30. The van der Waals surface area contributed by atoms with E-state index < -0.39 is 23.4 Å². The maximum atomic E-state index is 11.6. The molecule has 0 radical (unpaired) electrons. The lowest BCUT2D eigenvalue weighted by atomic mass is 10.2. The van der Waals surface area contributed by atoms with Gasteiger partial charge >= 0.3 is 12.2 Å². The van der Waals surface area contributed by atoms with Crippen molar-refractivity contribution >= 4 is 12.2 Å². The van der Waals surface area contributed by atoms with Gasteiger partial charge < -0.3 is 9.47 Å². The van der Waals surface area contributed by atoms with E-state index in [2.05, 4.69) is 4.84 Å². The van der Waals surface area contributed by atoms with Gasteiger partial charge in [0.1, 0.15) is 11.2 Å². The van der Waals surface area contributed by atoms with Gasteiger partial charge in [0.15, 0.2) is 0 Å². The molecule has 0 spiro atoms. The van der Waals surface area contributed by atoms with Crippen LogP contribution in [0.3, 0.4) is 0 Å². The van der Waals surface area contributed by atoms with Gasteiger partial charge in [0.25, 0.3) is 0 Å². The molecule has 6 nitrogen and oxygen atoms in total. The number of amides is 2. The molecule has 0 rings (SSSR count). The van der Waals surface area contributed by atoms with Crippen molar-refractivity contribution in [2.45, 2.75) is 52.7 Å². The molecule has 0 saturated heterocycles. The molecule has 0 unspecified atom stereocenters. The molecule has 0 aromatic rings. The molecule has 100 valence electrons. The van der Waals surface area contributed by atoms with Crippen molar-refractivity contribution in [1.29, 1.82) is 0 Å². The third-order valence-electron chi connectivity index (χ3n) is 1.30. The molecule has 6 heteroatoms. The summed E-state index contributed by atoms with van der Waals surface area (Å²) in [5.41, 5.74) is -1.42. The van der Waals surface area contributed by atoms with E-state index in [-0.39, 0.29) is 0 Å². The Labute approximate surface area is 102 Å². The van der Waals surface area contributed by atoms with Crippen LogP contribution in [0, 0.1) is 0 Å². The van der Waals surface area contributed by atoms with Gasteiger partial charge in [-0.2, -0.15) is 0 Å². The third kappa shape index (κ3) is 6.78. The number of hydrogen-bond donors (Lipinski definition) is 0. The standard InChI is InChI=1S/C11H21NO5/c1-10(2,3)16-8(13)12(15-7)9(14)17-11(4,5)6/h1-7H3. The molecule has 0 heterocycles. The minimum Gasteiger partial charge on any atom is -0.442 e. The number of carbonyl (C=O) groups is 2. The Morgan fingerprint density at radius 3 is 1.29 bits per heavy atom. The summed E-state index contributed by atoms with van der Waals surface area (Å²) in [6.45, 7) is 10.1. The molecule has 0 aliphatic heterocycles. The molecule has 17 heavy (non-hydrogen) atoms. The average molecular weight is 247 g/mol. The highest BCUT2D eigenvalue weighted by atomic mass is 16.8. The molecule has 2 amide bonds. The van der Waals surface area contributed by atoms with E-state index in [1.807, 2.05) is 0 Å². The molecule has 0 aromatic heterocycles. The topological polar surface area (TPSA) is 65.1 Å². The summed E-state index contributed by atoms with van der Waals surface area (Å²) < 4.78 is 9.98. The molecule has 0 atom stereocenters. The smallest absolute Gasteiger partial charge is 0.442 e. The average Bonchev–Trinajstić information content (AvgIpc) is 1.96. The lowest BCUT2D eigenvalue weighted by Gasteiger charge is -2.26. The Hall–Kier alpha value is -1.30. The van der Waals surface area contributed by atoms with Gasteiger partial charge in [0.05, 0.1) is 7.11 Å². The van der Waals surface area contributed by atoms with Gasteiger partial charge in [-0.3, -0.25) is 4.84 Å². The van der Waals surface area contributed by atoms with E-state index in [4.69, 9.17) is 9.47 Å². The van der Waals surface area contributed by atoms with Crippen molar-refractivity contribution in [2.75, 3.05) is 7.11 Å². The van der Waals surface area contributed by atoms with Crippen molar-refractivity contribution in [3.63, 3.8) is 0 Å². The number of imide groups is 1. The lowest BCUT2D eigenvalue weighted by molar-refractivity contribution is -0.118. The zero-order chi connectivity index (χ0) is 13.9. The van der Waals surface area contributed by atoms with E-state index in [0.29, 0.717) is 5.06 Å². The monoisotopic (exact) mass is 247 g/mol. The van der Waals surface area contributed by atoms with Crippen LogP contribution in [0.25, 0.3) is 0 Å². The van der Waals surface area contributed by atoms with Gasteiger partial charge in [-0.15, -0.1) is 0 Å². The second-order valence-corrected chi connectivity index (χ2v) is 5.44. The van der Waals surface area contributed by atoms with Crippen LogP contribution in [-0.2, 0) is 14.3 Å². The highest BCUT2D eigenvalue weighted by molar-refractivity contribution is 5.86. The van der Waals surface area contributed by atoms with Crippen LogP contribution >= 0.6 is 0 Å². The van der Waals surface area contributed by atoms with Crippen LogP contribution in [-0.4, -0.2) is 35.6 Å². The van der Waals surface area contributed by atoms with Gasteiger partial charge in [-0.25, -0.2) is 9.59 Å². The molecule has 0 N–H and O–H groups in total. The minimum absolute atomic E-state index is 0.441. The van der Waals surface area contributed by atoms with E-state index in [1.54, 1.807) is 41.5 Å². The summed E-state index contributed by atoms with van der Waals surface area (Å²) in [6.07, 6.45) is -1.82. The first kappa shape index (κ1) is 15.7. The van der Waals surface area contributed by atoms with Crippen molar-refractivity contribution < 1.29 is 23.9 Å². The van der Waals surface area contributed by atoms with Crippen LogP contribution < -0.4 is 0 Å². The van der Waals surface area contributed by atoms with E-state index in [0.717, 1.165) is 0 Å². The Bertz CT molecular complexity index is 259. The lowest BCUT2D eigenvalue weighted by Crippen LogP contribution is -2.42. The quantitative estimate of drug-likeness (QED) is 0.666. The summed E-state index contributed by atoms with van der Waals surface area (Å²) in [5, 5.41) is 0.441. The maximum absolute atomic E-state index is 11.6. The predicted molar refractivity (Wildman–Crippen MR) is 61.3 cm³/mol. The first-order valence-corrected chi connectivity index (χ1v) is 5.26. The molecule has 0 aliphatic rings. The highest BCUT2D eigenvalue weighted by Gasteiger charge is 2.31. The zero-order valence-corrected chi connectivity index (χ0v) is 11.5. The second-order valence-electron chi connectivity index (χ2n) is 5.44. The van der Waals surface area contributed by atoms with Crippen LogP contribution in [0.2, 0.25) is 0 Å². The normalized spacial score (nSPS) is 11.9. The Kier molecular flexibility index (Phi) is 4.94. The van der Waals surface area contributed by atoms with Crippen molar-refractivity contribution in [3.05, 3.63) is 0 Å². The van der Waals surface area contributed by atoms with E-state index in [9.17, 15) is 9.59 Å². The van der Waals surface area contributed by atoms with Crippen LogP contribution in [0.15, 0.2) is 0 Å². The largest absolute Gasteiger partial charge is 0.444 e. The van der Waals surface area contributed by atoms with E-state index >= 15 is 0 Å². The van der Waals surface area contributed by atoms with Gasteiger partial charge in [0, 0.05) is 0 Å². The van der Waals surface area contributed by atoms with Gasteiger partial charge in [-0.05, 0) is 41.5 Å². The van der Waals surface area contributed by atoms with Crippen molar-refractivity contribution in [3.8, 4) is 0 Å². The summed E-state index contributed by atoms with van der Waals surface area (Å²) >= 11 is 0. The number of hydroxylamine groups is 2. The summed E-state index contributed by atoms with van der Waals surface area (Å²) in [7, 11) is 1.19. The summed E-state index contributed by atoms with van der Waals surface area (Å²) in [6, 6.07) is 0. The number of nitrogens with zero attached hydrogens (tertiary/aromatic N) is 1. The zero-order valence-electron chi connectivity index (χ0n) is 11.5. The summed E-state index contributed by atoms with van der Waals surface area (Å²) in [4.78, 5) is 27.8. The molecule has 0 aromatic carbocycles. The first-order valence-electron chi connectivity index (χ1n) is 5.26. The maximum Gasteiger partial charge on any atom is 0.444 e. The van der Waals surface area contributed by atoms with Crippen molar-refractivity contribution in [2.24, 2.45) is 0 Å². The van der Waals surface area contributed by atoms with Gasteiger partial charge in [-0.1, -0.05) is 5.06 Å². The van der Waals surface area contributed by atoms with E-state index in [1.165, 1.54) is 7.11 Å². The fraction of sp³-hybridized carbons (Fsp3) is 0.818. The van der Waals surface area contributed by atoms with Crippen LogP contribution in [0.1, 0.15) is 41.5 Å². The molecule has 0 saturated carbocycles. The molecule has 0 fully saturated rings. The van der Waals surface area contributed by atoms with Crippen molar-refractivity contribution in [1.82, 2.24) is 5.06 Å². The fourth-order valence-corrected chi connectivity index (χ4v) is 0.830. The summed E-state index contributed by atoms with van der Waals surface area (Å²) in [5.74, 6) is 0. The first-order chi connectivity index (χ1) is 7.46. The number of rotatable bonds is 1. The van der Waals surface area contributed by atoms with Crippen LogP contribution in [0.5, 0.6) is 0 Å². The fourth-order valence-electron chi connectivity index (χ4n) is 0.830. The van der Waals surface area contributed by atoms with Crippen LogP contribution in [0.4, 0.5) is 9.59 Å². The Morgan fingerprint density at radius 1 is 0.824 bits per heavy atom. The SMILES string of the molecule is CON(C(=O)OC(C)(C)C)C(=O)OC(C)(C)C. The second kappa shape index (κ2) is 5.35. The Morgan fingerprint density at radius 2 is 1.12 bits per heavy atom. The molecular formula is C11H21NO5. The minimum atomic E-state index is -0.908. The number of carbonyl (C=O) groups excluding carboxylic acids is 2. The molecule has 0 aliphatic carbocycles.